The number of halogens is 1. The van der Waals surface area contributed by atoms with Crippen LogP contribution in [0.15, 0.2) is 16.8 Å². The van der Waals surface area contributed by atoms with Gasteiger partial charge in [-0.1, -0.05) is 36.2 Å². The molecule has 0 aliphatic heterocycles. The van der Waals surface area contributed by atoms with Gasteiger partial charge in [-0.25, -0.2) is 0 Å². The first-order valence-corrected chi connectivity index (χ1v) is 6.75. The van der Waals surface area contributed by atoms with Crippen molar-refractivity contribution in [3.8, 4) is 0 Å². The van der Waals surface area contributed by atoms with E-state index in [4.69, 9.17) is 0 Å². The maximum Gasteiger partial charge on any atom is 0.0145 e. The predicted octanol–water partition coefficient (Wildman–Crippen LogP) is 4.49. The van der Waals surface area contributed by atoms with E-state index in [0.717, 1.165) is 5.92 Å². The highest BCUT2D eigenvalue weighted by molar-refractivity contribution is 9.09. The van der Waals surface area contributed by atoms with Crippen molar-refractivity contribution in [2.45, 2.75) is 37.9 Å². The first kappa shape index (κ1) is 11.3. The van der Waals surface area contributed by atoms with Crippen LogP contribution in [0.5, 0.6) is 0 Å². The first-order valence-electron chi connectivity index (χ1n) is 4.89. The van der Waals surface area contributed by atoms with Crippen LogP contribution in [-0.2, 0) is 6.42 Å². The highest BCUT2D eigenvalue weighted by Gasteiger charge is 2.11. The average molecular weight is 261 g/mol. The van der Waals surface area contributed by atoms with Crippen LogP contribution in [0.4, 0.5) is 0 Å². The molecule has 0 radical (unpaired) electrons. The number of thiophene rings is 1. The van der Waals surface area contributed by atoms with Crippen LogP contribution in [0.25, 0.3) is 0 Å². The van der Waals surface area contributed by atoms with Crippen LogP contribution >= 0.6 is 27.3 Å². The highest BCUT2D eigenvalue weighted by Crippen LogP contribution is 2.22. The van der Waals surface area contributed by atoms with Gasteiger partial charge < -0.3 is 0 Å². The van der Waals surface area contributed by atoms with E-state index in [0.29, 0.717) is 4.83 Å². The summed E-state index contributed by atoms with van der Waals surface area (Å²) >= 11 is 5.46. The third kappa shape index (κ3) is 3.82. The van der Waals surface area contributed by atoms with Crippen molar-refractivity contribution in [1.29, 1.82) is 0 Å². The summed E-state index contributed by atoms with van der Waals surface area (Å²) < 4.78 is 0. The molecule has 0 saturated carbocycles. The Balaban J connectivity index is 2.32. The van der Waals surface area contributed by atoms with E-state index in [9.17, 15) is 0 Å². The van der Waals surface area contributed by atoms with E-state index in [1.165, 1.54) is 24.8 Å². The number of aryl methyl sites for hydroxylation is 1. The Morgan fingerprint density at radius 3 is 2.77 bits per heavy atom. The summed E-state index contributed by atoms with van der Waals surface area (Å²) in [5.74, 6) is 0.819. The SMILES string of the molecule is CCC(CCc1ccsc1)C(C)Br. The van der Waals surface area contributed by atoms with Crippen LogP contribution in [0.3, 0.4) is 0 Å². The fourth-order valence-corrected chi connectivity index (χ4v) is 2.89. The molecule has 0 aliphatic rings. The minimum atomic E-state index is 0.649. The Bertz CT molecular complexity index is 216. The molecule has 0 spiro atoms. The first-order chi connectivity index (χ1) is 6.24. The van der Waals surface area contributed by atoms with E-state index in [2.05, 4.69) is 46.6 Å². The Labute approximate surface area is 93.5 Å². The van der Waals surface area contributed by atoms with Crippen molar-refractivity contribution in [2.24, 2.45) is 5.92 Å². The maximum atomic E-state index is 3.67. The standard InChI is InChI=1S/C11H17BrS/c1-3-11(9(2)12)5-4-10-6-7-13-8-10/h6-9,11H,3-5H2,1-2H3. The van der Waals surface area contributed by atoms with Crippen LogP contribution in [0, 0.1) is 5.92 Å². The minimum absolute atomic E-state index is 0.649. The van der Waals surface area contributed by atoms with Crippen molar-refractivity contribution in [3.05, 3.63) is 22.4 Å². The summed E-state index contributed by atoms with van der Waals surface area (Å²) in [4.78, 5) is 0.649. The Morgan fingerprint density at radius 2 is 2.31 bits per heavy atom. The highest BCUT2D eigenvalue weighted by atomic mass is 79.9. The molecule has 0 nitrogen and oxygen atoms in total. The van der Waals surface area contributed by atoms with Gasteiger partial charge in [0, 0.05) is 4.83 Å². The van der Waals surface area contributed by atoms with Crippen LogP contribution in [0.1, 0.15) is 32.3 Å². The monoisotopic (exact) mass is 260 g/mol. The summed E-state index contributed by atoms with van der Waals surface area (Å²) in [6.45, 7) is 4.53. The van der Waals surface area contributed by atoms with Gasteiger partial charge in [-0.2, -0.15) is 11.3 Å². The quantitative estimate of drug-likeness (QED) is 0.685. The number of alkyl halides is 1. The van der Waals surface area contributed by atoms with E-state index in [1.807, 2.05) is 0 Å². The summed E-state index contributed by atoms with van der Waals surface area (Å²) in [6.07, 6.45) is 3.81. The van der Waals surface area contributed by atoms with E-state index < -0.39 is 0 Å². The smallest absolute Gasteiger partial charge is 0.0145 e. The fraction of sp³-hybridized carbons (Fsp3) is 0.636. The zero-order valence-corrected chi connectivity index (χ0v) is 10.7. The molecule has 0 amide bonds. The number of hydrogen-bond donors (Lipinski definition) is 0. The normalized spacial score (nSPS) is 15.6. The van der Waals surface area contributed by atoms with Gasteiger partial charge in [-0.15, -0.1) is 0 Å². The van der Waals surface area contributed by atoms with Gasteiger partial charge in [0.15, 0.2) is 0 Å². The molecule has 0 aromatic carbocycles. The van der Waals surface area contributed by atoms with E-state index in [1.54, 1.807) is 11.3 Å². The summed E-state index contributed by atoms with van der Waals surface area (Å²) in [5.41, 5.74) is 1.50. The fourth-order valence-electron chi connectivity index (χ4n) is 1.55. The molecule has 2 atom stereocenters. The molecular weight excluding hydrogens is 244 g/mol. The Kier molecular flexibility index (Phi) is 5.04. The molecule has 1 aromatic rings. The van der Waals surface area contributed by atoms with Gasteiger partial charge in [0.05, 0.1) is 0 Å². The van der Waals surface area contributed by atoms with Gasteiger partial charge >= 0.3 is 0 Å². The number of rotatable bonds is 5. The molecule has 0 bridgehead atoms. The molecule has 1 heterocycles. The van der Waals surface area contributed by atoms with Gasteiger partial charge in [0.2, 0.25) is 0 Å². The molecule has 1 aromatic heterocycles. The third-order valence-corrected chi connectivity index (χ3v) is 4.04. The molecular formula is C11H17BrS. The second-order valence-electron chi connectivity index (χ2n) is 3.52. The summed E-state index contributed by atoms with van der Waals surface area (Å²) in [6, 6.07) is 2.23. The van der Waals surface area contributed by atoms with Gasteiger partial charge in [-0.05, 0) is 41.1 Å². The lowest BCUT2D eigenvalue weighted by Gasteiger charge is -2.16. The van der Waals surface area contributed by atoms with Crippen molar-refractivity contribution in [2.75, 3.05) is 0 Å². The molecule has 0 fully saturated rings. The maximum absolute atomic E-state index is 3.67. The van der Waals surface area contributed by atoms with Gasteiger partial charge in [0.25, 0.3) is 0 Å². The minimum Gasteiger partial charge on any atom is -0.152 e. The Hall–Kier alpha value is 0.180. The lowest BCUT2D eigenvalue weighted by Crippen LogP contribution is -2.10. The van der Waals surface area contributed by atoms with Crippen molar-refractivity contribution >= 4 is 27.3 Å². The Morgan fingerprint density at radius 1 is 1.54 bits per heavy atom. The molecule has 0 aliphatic carbocycles. The van der Waals surface area contributed by atoms with E-state index >= 15 is 0 Å². The van der Waals surface area contributed by atoms with Crippen molar-refractivity contribution in [1.82, 2.24) is 0 Å². The second kappa shape index (κ2) is 5.82. The molecule has 2 heteroatoms. The van der Waals surface area contributed by atoms with Crippen molar-refractivity contribution < 1.29 is 0 Å². The molecule has 0 N–H and O–H groups in total. The van der Waals surface area contributed by atoms with Crippen LogP contribution < -0.4 is 0 Å². The topological polar surface area (TPSA) is 0 Å². The van der Waals surface area contributed by atoms with Crippen LogP contribution in [0.2, 0.25) is 0 Å². The average Bonchev–Trinajstić information content (AvgIpc) is 2.57. The zero-order valence-electron chi connectivity index (χ0n) is 8.29. The summed E-state index contributed by atoms with van der Waals surface area (Å²) in [5, 5.41) is 4.42. The van der Waals surface area contributed by atoms with Gasteiger partial charge in [-0.3, -0.25) is 0 Å². The third-order valence-electron chi connectivity index (χ3n) is 2.56. The molecule has 1 rings (SSSR count). The van der Waals surface area contributed by atoms with Crippen molar-refractivity contribution in [3.63, 3.8) is 0 Å². The predicted molar refractivity (Wildman–Crippen MR) is 64.8 cm³/mol. The van der Waals surface area contributed by atoms with Gasteiger partial charge in [0.1, 0.15) is 0 Å². The lowest BCUT2D eigenvalue weighted by atomic mass is 9.96. The molecule has 13 heavy (non-hydrogen) atoms. The molecule has 2 unspecified atom stereocenters. The largest absolute Gasteiger partial charge is 0.152 e. The zero-order chi connectivity index (χ0) is 9.68. The number of hydrogen-bond acceptors (Lipinski definition) is 1. The lowest BCUT2D eigenvalue weighted by molar-refractivity contribution is 0.472. The second-order valence-corrected chi connectivity index (χ2v) is 5.74. The molecule has 0 saturated heterocycles. The summed E-state index contributed by atoms with van der Waals surface area (Å²) in [7, 11) is 0. The molecule has 74 valence electrons. The van der Waals surface area contributed by atoms with E-state index in [-0.39, 0.29) is 0 Å². The van der Waals surface area contributed by atoms with Crippen LogP contribution in [-0.4, -0.2) is 4.83 Å².